The predicted octanol–water partition coefficient (Wildman–Crippen LogP) is 3.96. The van der Waals surface area contributed by atoms with Crippen LogP contribution in [0.5, 0.6) is 0 Å². The first-order chi connectivity index (χ1) is 12.1. The van der Waals surface area contributed by atoms with Crippen LogP contribution in [-0.2, 0) is 6.54 Å². The van der Waals surface area contributed by atoms with Gasteiger partial charge in [0.1, 0.15) is 5.69 Å². The summed E-state index contributed by atoms with van der Waals surface area (Å²) in [6, 6.07) is 13.3. The molecule has 1 aromatic carbocycles. The maximum Gasteiger partial charge on any atom is 0.274 e. The molecule has 0 saturated carbocycles. The number of nitrogens with one attached hydrogen (secondary N) is 2. The van der Waals surface area contributed by atoms with Crippen LogP contribution in [0.15, 0.2) is 61.1 Å². The monoisotopic (exact) mass is 332 g/mol. The molecule has 0 atom stereocenters. The van der Waals surface area contributed by atoms with Gasteiger partial charge in [-0.15, -0.1) is 0 Å². The Bertz CT molecular complexity index is 861. The smallest absolute Gasteiger partial charge is 0.274 e. The number of nitrogens with zero attached hydrogens (tertiary/aromatic N) is 2. The third-order valence-electron chi connectivity index (χ3n) is 4.09. The number of amides is 1. The Kier molecular flexibility index (Phi) is 5.04. The van der Waals surface area contributed by atoms with E-state index >= 15 is 0 Å². The van der Waals surface area contributed by atoms with Gasteiger partial charge in [0.2, 0.25) is 0 Å². The molecule has 25 heavy (non-hydrogen) atoms. The number of aromatic nitrogens is 2. The minimum atomic E-state index is -0.214. The Morgan fingerprint density at radius 1 is 1.04 bits per heavy atom. The Morgan fingerprint density at radius 2 is 1.84 bits per heavy atom. The van der Waals surface area contributed by atoms with Crippen LogP contribution < -0.4 is 10.6 Å². The van der Waals surface area contributed by atoms with Crippen LogP contribution in [0, 0.1) is 13.8 Å². The number of anilines is 2. The fourth-order valence-electron chi connectivity index (χ4n) is 2.41. The molecule has 5 nitrogen and oxygen atoms in total. The number of hydrogen-bond acceptors (Lipinski definition) is 4. The molecule has 0 aliphatic carbocycles. The van der Waals surface area contributed by atoms with Crippen LogP contribution in [0.25, 0.3) is 0 Å². The van der Waals surface area contributed by atoms with Crippen molar-refractivity contribution in [2.75, 3.05) is 10.6 Å². The third-order valence-corrected chi connectivity index (χ3v) is 4.09. The summed E-state index contributed by atoms with van der Waals surface area (Å²) >= 11 is 0. The molecule has 2 aromatic heterocycles. The summed E-state index contributed by atoms with van der Waals surface area (Å²) in [5, 5.41) is 6.19. The second-order valence-electron chi connectivity index (χ2n) is 5.84. The summed E-state index contributed by atoms with van der Waals surface area (Å²) in [4.78, 5) is 20.6. The number of carbonyl (C=O) groups excluding carboxylic acids is 1. The fraction of sp³-hybridized carbons (Fsp3) is 0.150. The highest BCUT2D eigenvalue weighted by atomic mass is 16.1. The summed E-state index contributed by atoms with van der Waals surface area (Å²) in [5.74, 6) is -0.214. The number of carbonyl (C=O) groups is 1. The van der Waals surface area contributed by atoms with Crippen molar-refractivity contribution >= 4 is 17.3 Å². The van der Waals surface area contributed by atoms with Crippen LogP contribution in [0.2, 0.25) is 0 Å². The first-order valence-corrected chi connectivity index (χ1v) is 8.10. The van der Waals surface area contributed by atoms with Crippen molar-refractivity contribution in [3.8, 4) is 0 Å². The van der Waals surface area contributed by atoms with Crippen molar-refractivity contribution in [3.63, 3.8) is 0 Å². The van der Waals surface area contributed by atoms with Gasteiger partial charge in [-0.05, 0) is 60.9 Å². The number of hydrogen-bond donors (Lipinski definition) is 2. The zero-order valence-electron chi connectivity index (χ0n) is 14.3. The lowest BCUT2D eigenvalue weighted by atomic mass is 10.1. The third kappa shape index (κ3) is 4.20. The van der Waals surface area contributed by atoms with Gasteiger partial charge in [-0.3, -0.25) is 9.78 Å². The van der Waals surface area contributed by atoms with E-state index in [1.165, 1.54) is 0 Å². The predicted molar refractivity (Wildman–Crippen MR) is 99.7 cm³/mol. The summed E-state index contributed by atoms with van der Waals surface area (Å²) in [6.45, 7) is 4.69. The largest absolute Gasteiger partial charge is 0.380 e. The van der Waals surface area contributed by atoms with Gasteiger partial charge >= 0.3 is 0 Å². The molecule has 3 aromatic rings. The van der Waals surface area contributed by atoms with E-state index in [1.54, 1.807) is 24.7 Å². The van der Waals surface area contributed by atoms with Crippen molar-refractivity contribution in [1.82, 2.24) is 9.97 Å². The average molecular weight is 332 g/mol. The van der Waals surface area contributed by atoms with Crippen molar-refractivity contribution in [3.05, 3.63) is 83.4 Å². The van der Waals surface area contributed by atoms with Gasteiger partial charge in [-0.25, -0.2) is 4.98 Å². The highest BCUT2D eigenvalue weighted by Crippen LogP contribution is 2.19. The number of aryl methyl sites for hydroxylation is 1. The quantitative estimate of drug-likeness (QED) is 0.742. The van der Waals surface area contributed by atoms with Gasteiger partial charge < -0.3 is 10.6 Å². The molecule has 1 amide bonds. The average Bonchev–Trinajstić information content (AvgIpc) is 2.65. The zero-order valence-corrected chi connectivity index (χ0v) is 14.3. The van der Waals surface area contributed by atoms with Crippen LogP contribution in [0.4, 0.5) is 11.4 Å². The molecular formula is C20H20N4O. The van der Waals surface area contributed by atoms with E-state index < -0.39 is 0 Å². The molecule has 0 spiro atoms. The van der Waals surface area contributed by atoms with E-state index in [1.807, 2.05) is 50.2 Å². The Hall–Kier alpha value is -3.21. The van der Waals surface area contributed by atoms with E-state index in [0.717, 1.165) is 28.1 Å². The van der Waals surface area contributed by atoms with Crippen molar-refractivity contribution < 1.29 is 4.79 Å². The van der Waals surface area contributed by atoms with E-state index in [2.05, 4.69) is 20.6 Å². The lowest BCUT2D eigenvalue weighted by molar-refractivity contribution is 0.102. The minimum Gasteiger partial charge on any atom is -0.380 e. The molecular weight excluding hydrogens is 312 g/mol. The Labute approximate surface area is 147 Å². The first-order valence-electron chi connectivity index (χ1n) is 8.10. The standard InChI is InChI=1S/C20H20N4O/c1-14-4-3-5-18(15(14)2)24-20(25)19-7-6-17(13-23-19)22-12-16-8-10-21-11-9-16/h3-11,13,22H,12H2,1-2H3,(H,24,25). The van der Waals surface area contributed by atoms with E-state index in [4.69, 9.17) is 0 Å². The van der Waals surface area contributed by atoms with Crippen molar-refractivity contribution in [2.45, 2.75) is 20.4 Å². The van der Waals surface area contributed by atoms with E-state index in [0.29, 0.717) is 12.2 Å². The lowest BCUT2D eigenvalue weighted by Crippen LogP contribution is -2.14. The fourth-order valence-corrected chi connectivity index (χ4v) is 2.41. The molecule has 0 radical (unpaired) electrons. The number of pyridine rings is 2. The molecule has 0 fully saturated rings. The molecule has 0 aliphatic rings. The second kappa shape index (κ2) is 7.57. The van der Waals surface area contributed by atoms with Crippen LogP contribution in [-0.4, -0.2) is 15.9 Å². The van der Waals surface area contributed by atoms with E-state index in [-0.39, 0.29) is 5.91 Å². The lowest BCUT2D eigenvalue weighted by Gasteiger charge is -2.10. The van der Waals surface area contributed by atoms with Gasteiger partial charge in [0.15, 0.2) is 0 Å². The zero-order chi connectivity index (χ0) is 17.6. The van der Waals surface area contributed by atoms with Gasteiger partial charge in [0.25, 0.3) is 5.91 Å². The first kappa shape index (κ1) is 16.6. The highest BCUT2D eigenvalue weighted by molar-refractivity contribution is 6.03. The molecule has 0 unspecified atom stereocenters. The molecule has 0 saturated heterocycles. The number of rotatable bonds is 5. The van der Waals surface area contributed by atoms with Gasteiger partial charge in [0, 0.05) is 24.6 Å². The van der Waals surface area contributed by atoms with E-state index in [9.17, 15) is 4.79 Å². The minimum absolute atomic E-state index is 0.214. The summed E-state index contributed by atoms with van der Waals surface area (Å²) < 4.78 is 0. The number of benzene rings is 1. The molecule has 3 rings (SSSR count). The molecule has 2 heterocycles. The molecule has 0 bridgehead atoms. The maximum atomic E-state index is 12.4. The molecule has 0 aliphatic heterocycles. The Balaban J connectivity index is 1.63. The van der Waals surface area contributed by atoms with Gasteiger partial charge in [-0.1, -0.05) is 12.1 Å². The molecule has 126 valence electrons. The topological polar surface area (TPSA) is 66.9 Å². The van der Waals surface area contributed by atoms with Crippen LogP contribution in [0.1, 0.15) is 27.2 Å². The second-order valence-corrected chi connectivity index (χ2v) is 5.84. The van der Waals surface area contributed by atoms with Crippen molar-refractivity contribution in [1.29, 1.82) is 0 Å². The molecule has 5 heteroatoms. The normalized spacial score (nSPS) is 10.3. The Morgan fingerprint density at radius 3 is 2.56 bits per heavy atom. The van der Waals surface area contributed by atoms with Gasteiger partial charge in [0.05, 0.1) is 11.9 Å². The maximum absolute atomic E-state index is 12.4. The van der Waals surface area contributed by atoms with Gasteiger partial charge in [-0.2, -0.15) is 0 Å². The summed E-state index contributed by atoms with van der Waals surface area (Å²) in [5.41, 5.74) is 5.39. The summed E-state index contributed by atoms with van der Waals surface area (Å²) in [6.07, 6.45) is 5.19. The van der Waals surface area contributed by atoms with Crippen LogP contribution >= 0.6 is 0 Å². The summed E-state index contributed by atoms with van der Waals surface area (Å²) in [7, 11) is 0. The van der Waals surface area contributed by atoms with Crippen molar-refractivity contribution in [2.24, 2.45) is 0 Å². The molecule has 2 N–H and O–H groups in total. The highest BCUT2D eigenvalue weighted by Gasteiger charge is 2.09. The SMILES string of the molecule is Cc1cccc(NC(=O)c2ccc(NCc3ccncc3)cn2)c1C. The van der Waals surface area contributed by atoms with Crippen LogP contribution in [0.3, 0.4) is 0 Å².